The van der Waals surface area contributed by atoms with Crippen LogP contribution in [0.4, 0.5) is 0 Å². The number of rotatable bonds is 2. The topological polar surface area (TPSA) is 35.8 Å². The molecule has 1 saturated carbocycles. The third-order valence-electron chi connectivity index (χ3n) is 2.46. The van der Waals surface area contributed by atoms with Gasteiger partial charge in [-0.05, 0) is 25.7 Å². The zero-order valence-corrected chi connectivity index (χ0v) is 7.73. The molecule has 1 rings (SSSR count). The van der Waals surface area contributed by atoms with Crippen molar-refractivity contribution < 1.29 is 0 Å². The van der Waals surface area contributed by atoms with Gasteiger partial charge in [-0.1, -0.05) is 13.8 Å². The highest BCUT2D eigenvalue weighted by Gasteiger charge is 2.62. The maximum Gasteiger partial charge on any atom is 0.112 e. The summed E-state index contributed by atoms with van der Waals surface area (Å²) in [4.78, 5) is 0. The maximum absolute atomic E-state index is 8.93. The second-order valence-electron chi connectivity index (χ2n) is 4.38. The first-order chi connectivity index (χ1) is 4.93. The fourth-order valence-corrected chi connectivity index (χ4v) is 1.58. The number of hydrogen-bond donors (Lipinski definition) is 1. The molecular formula is C9H16N2. The highest BCUT2D eigenvalue weighted by molar-refractivity contribution is 5.29. The van der Waals surface area contributed by atoms with E-state index in [1.165, 1.54) is 0 Å². The predicted octanol–water partition coefficient (Wildman–Crippen LogP) is 1.68. The van der Waals surface area contributed by atoms with E-state index in [4.69, 9.17) is 5.26 Å². The molecule has 1 atom stereocenters. The standard InChI is InChI=1S/C9H16N2/c1-7(2)11-9(6-10)5-8(9,3)4/h7,11H,5H2,1-4H3. The lowest BCUT2D eigenvalue weighted by Gasteiger charge is -2.16. The normalized spacial score (nSPS) is 33.5. The van der Waals surface area contributed by atoms with Gasteiger partial charge in [0.05, 0.1) is 6.07 Å². The van der Waals surface area contributed by atoms with Gasteiger partial charge in [-0.25, -0.2) is 0 Å². The molecule has 0 aromatic rings. The Hall–Kier alpha value is -0.550. The van der Waals surface area contributed by atoms with Crippen LogP contribution in [0.2, 0.25) is 0 Å². The molecule has 1 unspecified atom stereocenters. The van der Waals surface area contributed by atoms with E-state index in [1.54, 1.807) is 0 Å². The number of nitrogens with zero attached hydrogens (tertiary/aromatic N) is 1. The molecule has 0 aromatic carbocycles. The average Bonchev–Trinajstić information content (AvgIpc) is 2.33. The van der Waals surface area contributed by atoms with Gasteiger partial charge >= 0.3 is 0 Å². The van der Waals surface area contributed by atoms with Gasteiger partial charge < -0.3 is 0 Å². The molecule has 11 heavy (non-hydrogen) atoms. The Morgan fingerprint density at radius 3 is 2.00 bits per heavy atom. The van der Waals surface area contributed by atoms with Crippen LogP contribution in [-0.2, 0) is 0 Å². The number of nitrogens with one attached hydrogen (secondary N) is 1. The fourth-order valence-electron chi connectivity index (χ4n) is 1.58. The van der Waals surface area contributed by atoms with Crippen LogP contribution in [0.1, 0.15) is 34.1 Å². The van der Waals surface area contributed by atoms with Crippen LogP contribution in [0.5, 0.6) is 0 Å². The van der Waals surface area contributed by atoms with Gasteiger partial charge in [0.1, 0.15) is 5.54 Å². The Kier molecular flexibility index (Phi) is 1.72. The lowest BCUT2D eigenvalue weighted by atomic mass is 10.1. The Morgan fingerprint density at radius 2 is 1.91 bits per heavy atom. The van der Waals surface area contributed by atoms with Gasteiger partial charge in [0, 0.05) is 6.04 Å². The Morgan fingerprint density at radius 1 is 1.45 bits per heavy atom. The Bertz CT molecular complexity index is 200. The zero-order chi connectivity index (χ0) is 8.70. The number of nitriles is 1. The molecule has 1 aliphatic carbocycles. The van der Waals surface area contributed by atoms with Crippen molar-refractivity contribution in [3.63, 3.8) is 0 Å². The predicted molar refractivity (Wildman–Crippen MR) is 45.0 cm³/mol. The third-order valence-corrected chi connectivity index (χ3v) is 2.46. The maximum atomic E-state index is 8.93. The molecule has 2 nitrogen and oxygen atoms in total. The van der Waals surface area contributed by atoms with Crippen molar-refractivity contribution in [1.82, 2.24) is 5.32 Å². The van der Waals surface area contributed by atoms with Gasteiger partial charge in [0.25, 0.3) is 0 Å². The van der Waals surface area contributed by atoms with E-state index in [1.807, 2.05) is 0 Å². The smallest absolute Gasteiger partial charge is 0.112 e. The van der Waals surface area contributed by atoms with Gasteiger partial charge in [-0.2, -0.15) is 5.26 Å². The first-order valence-corrected chi connectivity index (χ1v) is 4.12. The first-order valence-electron chi connectivity index (χ1n) is 4.12. The summed E-state index contributed by atoms with van der Waals surface area (Å²) in [6, 6.07) is 2.76. The van der Waals surface area contributed by atoms with Gasteiger partial charge in [-0.15, -0.1) is 0 Å². The van der Waals surface area contributed by atoms with Gasteiger partial charge in [-0.3, -0.25) is 5.32 Å². The molecule has 0 spiro atoms. The van der Waals surface area contributed by atoms with Crippen LogP contribution >= 0.6 is 0 Å². The van der Waals surface area contributed by atoms with Crippen LogP contribution in [0, 0.1) is 16.7 Å². The number of hydrogen-bond acceptors (Lipinski definition) is 2. The minimum absolute atomic E-state index is 0.173. The molecule has 0 heterocycles. The molecule has 0 amide bonds. The van der Waals surface area contributed by atoms with Crippen molar-refractivity contribution in [2.75, 3.05) is 0 Å². The SMILES string of the molecule is CC(C)NC1(C#N)CC1(C)C. The van der Waals surface area contributed by atoms with Crippen molar-refractivity contribution in [1.29, 1.82) is 5.26 Å². The van der Waals surface area contributed by atoms with Crippen molar-refractivity contribution in [3.8, 4) is 6.07 Å². The second-order valence-corrected chi connectivity index (χ2v) is 4.38. The summed E-state index contributed by atoms with van der Waals surface area (Å²) in [6.45, 7) is 8.41. The summed E-state index contributed by atoms with van der Waals surface area (Å²) in [5.41, 5.74) is -0.0623. The monoisotopic (exact) mass is 152 g/mol. The minimum atomic E-state index is -0.235. The van der Waals surface area contributed by atoms with Crippen molar-refractivity contribution in [3.05, 3.63) is 0 Å². The molecular weight excluding hydrogens is 136 g/mol. The molecule has 0 aromatic heterocycles. The fraction of sp³-hybridized carbons (Fsp3) is 0.889. The molecule has 0 saturated heterocycles. The summed E-state index contributed by atoms with van der Waals surface area (Å²) in [6.07, 6.45) is 0.981. The van der Waals surface area contributed by atoms with E-state index in [0.29, 0.717) is 6.04 Å². The van der Waals surface area contributed by atoms with Crippen LogP contribution in [0.25, 0.3) is 0 Å². The van der Waals surface area contributed by atoms with Gasteiger partial charge in [0.2, 0.25) is 0 Å². The van der Waals surface area contributed by atoms with Crippen LogP contribution < -0.4 is 5.32 Å². The summed E-state index contributed by atoms with van der Waals surface area (Å²) in [5, 5.41) is 12.2. The molecule has 1 aliphatic rings. The second kappa shape index (κ2) is 2.22. The van der Waals surface area contributed by atoms with E-state index in [0.717, 1.165) is 6.42 Å². The molecule has 2 heteroatoms. The van der Waals surface area contributed by atoms with Crippen LogP contribution in [0.15, 0.2) is 0 Å². The van der Waals surface area contributed by atoms with E-state index in [2.05, 4.69) is 39.1 Å². The summed E-state index contributed by atoms with van der Waals surface area (Å²) >= 11 is 0. The van der Waals surface area contributed by atoms with Crippen LogP contribution in [-0.4, -0.2) is 11.6 Å². The van der Waals surface area contributed by atoms with E-state index >= 15 is 0 Å². The largest absolute Gasteiger partial charge is 0.297 e. The summed E-state index contributed by atoms with van der Waals surface area (Å²) in [7, 11) is 0. The van der Waals surface area contributed by atoms with Crippen LogP contribution in [0.3, 0.4) is 0 Å². The lowest BCUT2D eigenvalue weighted by Crippen LogP contribution is -2.39. The molecule has 62 valence electrons. The first kappa shape index (κ1) is 8.55. The Balaban J connectivity index is 2.63. The third kappa shape index (κ3) is 1.25. The van der Waals surface area contributed by atoms with Crippen molar-refractivity contribution in [2.45, 2.75) is 45.7 Å². The summed E-state index contributed by atoms with van der Waals surface area (Å²) in [5.74, 6) is 0. The van der Waals surface area contributed by atoms with Crippen molar-refractivity contribution in [2.24, 2.45) is 5.41 Å². The van der Waals surface area contributed by atoms with E-state index in [9.17, 15) is 0 Å². The van der Waals surface area contributed by atoms with Crippen molar-refractivity contribution >= 4 is 0 Å². The minimum Gasteiger partial charge on any atom is -0.297 e. The molecule has 0 radical (unpaired) electrons. The quantitative estimate of drug-likeness (QED) is 0.653. The highest BCUT2D eigenvalue weighted by Crippen LogP contribution is 2.55. The highest BCUT2D eigenvalue weighted by atomic mass is 15.1. The summed E-state index contributed by atoms with van der Waals surface area (Å²) < 4.78 is 0. The van der Waals surface area contributed by atoms with Gasteiger partial charge in [0.15, 0.2) is 0 Å². The Labute approximate surface area is 68.6 Å². The van der Waals surface area contributed by atoms with E-state index < -0.39 is 0 Å². The molecule has 1 fully saturated rings. The molecule has 0 aliphatic heterocycles. The molecule has 0 bridgehead atoms. The zero-order valence-electron chi connectivity index (χ0n) is 7.73. The van der Waals surface area contributed by atoms with E-state index in [-0.39, 0.29) is 11.0 Å². The molecule has 1 N–H and O–H groups in total. The average molecular weight is 152 g/mol. The lowest BCUT2D eigenvalue weighted by molar-refractivity contribution is 0.435.